The molecule has 7 nitrogen and oxygen atoms in total. The fourth-order valence-corrected chi connectivity index (χ4v) is 0.705. The first-order valence-electron chi connectivity index (χ1n) is 2.90. The van der Waals surface area contributed by atoms with Gasteiger partial charge < -0.3 is 5.73 Å². The van der Waals surface area contributed by atoms with E-state index < -0.39 is 0 Å². The van der Waals surface area contributed by atoms with E-state index in [4.69, 9.17) is 5.73 Å². The molecule has 11 heavy (non-hydrogen) atoms. The molecular weight excluding hydrogens is 146 g/mol. The lowest BCUT2D eigenvalue weighted by atomic mass is 10.5. The Hall–Kier alpha value is -1.92. The molecule has 2 rings (SSSR count). The summed E-state index contributed by atoms with van der Waals surface area (Å²) in [5, 5.41) is 16.1. The van der Waals surface area contributed by atoms with Crippen LogP contribution >= 0.6 is 0 Å². The highest BCUT2D eigenvalue weighted by Crippen LogP contribution is 2.07. The summed E-state index contributed by atoms with van der Waals surface area (Å²) in [7, 11) is 0. The van der Waals surface area contributed by atoms with E-state index in [1.165, 1.54) is 6.20 Å². The molecule has 56 valence electrons. The molecule has 0 unspecified atom stereocenters. The zero-order valence-electron chi connectivity index (χ0n) is 5.44. The number of anilines is 1. The maximum absolute atomic E-state index is 5.27. The molecule has 7 heteroatoms. The Kier molecular flexibility index (Phi) is 1.08. The summed E-state index contributed by atoms with van der Waals surface area (Å²) in [5.74, 6) is 0.708. The number of rotatable bonds is 1. The summed E-state index contributed by atoms with van der Waals surface area (Å²) in [6.07, 6.45) is 1.53. The summed E-state index contributed by atoms with van der Waals surface area (Å²) < 4.78 is 0. The molecule has 0 aromatic carbocycles. The molecule has 0 aliphatic heterocycles. The predicted molar refractivity (Wildman–Crippen MR) is 36.2 cm³/mol. The molecule has 0 saturated heterocycles. The van der Waals surface area contributed by atoms with Gasteiger partial charge in [-0.2, -0.15) is 20.4 Å². The van der Waals surface area contributed by atoms with Crippen LogP contribution in [0.4, 0.5) is 5.95 Å². The number of H-pyrrole nitrogens is 2. The number of aromatic nitrogens is 6. The first-order chi connectivity index (χ1) is 5.36. The fourth-order valence-electron chi connectivity index (χ4n) is 0.705. The highest BCUT2D eigenvalue weighted by atomic mass is 15.3. The summed E-state index contributed by atoms with van der Waals surface area (Å²) in [6, 6.07) is 0. The predicted octanol–water partition coefficient (Wildman–Crippen LogP) is -0.828. The maximum Gasteiger partial charge on any atom is 0.239 e. The average Bonchev–Trinajstić information content (AvgIpc) is 2.55. The lowest BCUT2D eigenvalue weighted by Gasteiger charge is -1.80. The van der Waals surface area contributed by atoms with E-state index in [1.54, 1.807) is 0 Å². The zero-order chi connectivity index (χ0) is 7.68. The Bertz CT molecular complexity index is 333. The quantitative estimate of drug-likeness (QED) is 0.493. The van der Waals surface area contributed by atoms with Crippen LogP contribution in [0.15, 0.2) is 6.20 Å². The number of nitrogens with one attached hydrogen (secondary N) is 2. The molecule has 0 fully saturated rings. The molecule has 2 heterocycles. The van der Waals surface area contributed by atoms with Crippen LogP contribution in [-0.2, 0) is 0 Å². The number of nitrogen functional groups attached to an aromatic ring is 1. The Labute approximate surface area is 61.0 Å². The van der Waals surface area contributed by atoms with Crippen LogP contribution in [0, 0.1) is 0 Å². The molecule has 4 N–H and O–H groups in total. The van der Waals surface area contributed by atoms with Crippen LogP contribution < -0.4 is 5.73 Å². The van der Waals surface area contributed by atoms with Gasteiger partial charge in [0.1, 0.15) is 5.69 Å². The van der Waals surface area contributed by atoms with E-state index in [9.17, 15) is 0 Å². The third-order valence-corrected chi connectivity index (χ3v) is 1.16. The molecule has 0 aliphatic rings. The molecule has 2 aromatic heterocycles. The van der Waals surface area contributed by atoms with Gasteiger partial charge in [-0.25, -0.2) is 0 Å². The highest BCUT2D eigenvalue weighted by molar-refractivity contribution is 5.47. The van der Waals surface area contributed by atoms with Gasteiger partial charge in [-0.3, -0.25) is 5.10 Å². The van der Waals surface area contributed by atoms with E-state index in [0.29, 0.717) is 11.5 Å². The molecule has 2 aromatic rings. The highest BCUT2D eigenvalue weighted by Gasteiger charge is 2.04. The standard InChI is InChI=1S/C4H5N7/c5-4-7-3(9-10-4)2-1-6-11-8-2/h1H,(H,6,8,11)(H3,5,7,9,10). The normalized spacial score (nSPS) is 10.2. The second-order valence-electron chi connectivity index (χ2n) is 1.90. The Morgan fingerprint density at radius 2 is 2.27 bits per heavy atom. The van der Waals surface area contributed by atoms with Crippen molar-refractivity contribution in [3.63, 3.8) is 0 Å². The van der Waals surface area contributed by atoms with Gasteiger partial charge in [-0.15, -0.1) is 5.10 Å². The number of hydrogen-bond donors (Lipinski definition) is 3. The largest absolute Gasteiger partial charge is 0.366 e. The fraction of sp³-hybridized carbons (Fsp3) is 0. The Balaban J connectivity index is 2.45. The molecule has 0 spiro atoms. The summed E-state index contributed by atoms with van der Waals surface area (Å²) in [6.45, 7) is 0. The minimum atomic E-state index is 0.197. The minimum absolute atomic E-state index is 0.197. The minimum Gasteiger partial charge on any atom is -0.366 e. The first kappa shape index (κ1) is 5.83. The smallest absolute Gasteiger partial charge is 0.239 e. The van der Waals surface area contributed by atoms with E-state index in [-0.39, 0.29) is 5.95 Å². The number of nitrogens with two attached hydrogens (primary N) is 1. The summed E-state index contributed by atoms with van der Waals surface area (Å²) in [5.41, 5.74) is 5.86. The van der Waals surface area contributed by atoms with Crippen LogP contribution in [0.25, 0.3) is 11.5 Å². The SMILES string of the molecule is Nc1n[nH]c(-c2cn[nH]n2)n1. The molecule has 0 atom stereocenters. The molecule has 0 aliphatic carbocycles. The lowest BCUT2D eigenvalue weighted by molar-refractivity contribution is 0.938. The molecule has 0 amide bonds. The van der Waals surface area contributed by atoms with Crippen LogP contribution in [0.2, 0.25) is 0 Å². The zero-order valence-corrected chi connectivity index (χ0v) is 5.44. The van der Waals surface area contributed by atoms with Crippen LogP contribution in [0.3, 0.4) is 0 Å². The van der Waals surface area contributed by atoms with Crippen molar-refractivity contribution in [2.75, 3.05) is 5.73 Å². The Morgan fingerprint density at radius 3 is 2.82 bits per heavy atom. The van der Waals surface area contributed by atoms with Crippen molar-refractivity contribution in [2.24, 2.45) is 0 Å². The van der Waals surface area contributed by atoms with Crippen LogP contribution in [-0.4, -0.2) is 30.6 Å². The molecule has 0 saturated carbocycles. The van der Waals surface area contributed by atoms with Crippen LogP contribution in [0.5, 0.6) is 0 Å². The van der Waals surface area contributed by atoms with Gasteiger partial charge in [0.2, 0.25) is 5.95 Å². The van der Waals surface area contributed by atoms with Gasteiger partial charge in [0.15, 0.2) is 5.82 Å². The van der Waals surface area contributed by atoms with Crippen LogP contribution in [0.1, 0.15) is 0 Å². The van der Waals surface area contributed by atoms with Crippen molar-refractivity contribution >= 4 is 5.95 Å². The third-order valence-electron chi connectivity index (χ3n) is 1.16. The second-order valence-corrected chi connectivity index (χ2v) is 1.90. The number of nitrogens with zero attached hydrogens (tertiary/aromatic N) is 4. The van der Waals surface area contributed by atoms with Crippen molar-refractivity contribution in [1.29, 1.82) is 0 Å². The maximum atomic E-state index is 5.27. The summed E-state index contributed by atoms with van der Waals surface area (Å²) in [4.78, 5) is 3.84. The lowest BCUT2D eigenvalue weighted by Crippen LogP contribution is -1.85. The molecule has 0 radical (unpaired) electrons. The number of aromatic amines is 2. The van der Waals surface area contributed by atoms with Gasteiger partial charge in [-0.1, -0.05) is 0 Å². The van der Waals surface area contributed by atoms with Crippen molar-refractivity contribution in [3.05, 3.63) is 6.20 Å². The van der Waals surface area contributed by atoms with Gasteiger partial charge >= 0.3 is 0 Å². The first-order valence-corrected chi connectivity index (χ1v) is 2.90. The average molecular weight is 151 g/mol. The summed E-state index contributed by atoms with van der Waals surface area (Å²) >= 11 is 0. The van der Waals surface area contributed by atoms with E-state index in [0.717, 1.165) is 0 Å². The topological polar surface area (TPSA) is 109 Å². The molecule has 0 bridgehead atoms. The van der Waals surface area contributed by atoms with Crippen molar-refractivity contribution in [2.45, 2.75) is 0 Å². The van der Waals surface area contributed by atoms with E-state index in [1.807, 2.05) is 0 Å². The van der Waals surface area contributed by atoms with Crippen molar-refractivity contribution in [1.82, 2.24) is 30.6 Å². The van der Waals surface area contributed by atoms with Crippen molar-refractivity contribution in [3.8, 4) is 11.5 Å². The van der Waals surface area contributed by atoms with Gasteiger partial charge in [0.25, 0.3) is 0 Å². The van der Waals surface area contributed by atoms with Gasteiger partial charge in [0.05, 0.1) is 6.20 Å². The number of hydrogen-bond acceptors (Lipinski definition) is 5. The van der Waals surface area contributed by atoms with E-state index in [2.05, 4.69) is 30.6 Å². The van der Waals surface area contributed by atoms with Crippen molar-refractivity contribution < 1.29 is 0 Å². The third kappa shape index (κ3) is 0.914. The van der Waals surface area contributed by atoms with Gasteiger partial charge in [-0.05, 0) is 0 Å². The Morgan fingerprint density at radius 1 is 1.36 bits per heavy atom. The van der Waals surface area contributed by atoms with Gasteiger partial charge in [0, 0.05) is 0 Å². The monoisotopic (exact) mass is 151 g/mol. The van der Waals surface area contributed by atoms with E-state index >= 15 is 0 Å². The second kappa shape index (κ2) is 2.04. The molecular formula is C4H5N7.